The van der Waals surface area contributed by atoms with Crippen molar-refractivity contribution in [2.24, 2.45) is 14.1 Å². The van der Waals surface area contributed by atoms with Crippen molar-refractivity contribution < 1.29 is 8.42 Å². The number of hydrogen-bond donors (Lipinski definition) is 0. The molecule has 0 atom stereocenters. The van der Waals surface area contributed by atoms with Crippen LogP contribution in [-0.2, 0) is 24.1 Å². The second-order valence-corrected chi connectivity index (χ2v) is 6.73. The Morgan fingerprint density at radius 2 is 1.90 bits per heavy atom. The number of aryl methyl sites for hydroxylation is 1. The molecule has 1 aromatic heterocycles. The van der Waals surface area contributed by atoms with Gasteiger partial charge in [-0.2, -0.15) is 9.57 Å². The first kappa shape index (κ1) is 17.1. The van der Waals surface area contributed by atoms with Crippen LogP contribution < -0.4 is 11.2 Å². The molecule has 0 saturated carbocycles. The van der Waals surface area contributed by atoms with E-state index in [9.17, 15) is 18.0 Å². The van der Waals surface area contributed by atoms with Crippen molar-refractivity contribution in [3.05, 3.63) is 27.0 Å². The van der Waals surface area contributed by atoms with Crippen LogP contribution in [0.2, 0.25) is 0 Å². The van der Waals surface area contributed by atoms with E-state index in [-0.39, 0.29) is 13.0 Å². The number of hydrogen-bond acceptors (Lipinski definition) is 5. The molecule has 0 amide bonds. The molecule has 9 heteroatoms. The van der Waals surface area contributed by atoms with Gasteiger partial charge in [-0.1, -0.05) is 0 Å². The van der Waals surface area contributed by atoms with Crippen molar-refractivity contribution in [3.63, 3.8) is 0 Å². The van der Waals surface area contributed by atoms with Crippen LogP contribution in [0, 0.1) is 11.3 Å². The zero-order chi connectivity index (χ0) is 16.4. The van der Waals surface area contributed by atoms with Crippen LogP contribution in [0.15, 0.2) is 20.7 Å². The highest BCUT2D eigenvalue weighted by Crippen LogP contribution is 2.14. The van der Waals surface area contributed by atoms with Gasteiger partial charge in [0.25, 0.3) is 5.56 Å². The number of nitrogens with zero attached hydrogens (tertiary/aromatic N) is 4. The van der Waals surface area contributed by atoms with Gasteiger partial charge in [-0.25, -0.2) is 13.2 Å². The van der Waals surface area contributed by atoms with Gasteiger partial charge in [-0.15, -0.1) is 0 Å². The van der Waals surface area contributed by atoms with E-state index in [1.807, 2.05) is 6.07 Å². The Morgan fingerprint density at radius 1 is 1.33 bits per heavy atom. The summed E-state index contributed by atoms with van der Waals surface area (Å²) in [6.45, 7) is 3.30. The molecule has 0 aliphatic heterocycles. The maximum Gasteiger partial charge on any atom is 0.330 e. The van der Waals surface area contributed by atoms with Crippen LogP contribution in [0.4, 0.5) is 0 Å². The van der Waals surface area contributed by atoms with Gasteiger partial charge in [0, 0.05) is 39.3 Å². The Morgan fingerprint density at radius 3 is 2.38 bits per heavy atom. The summed E-state index contributed by atoms with van der Waals surface area (Å²) < 4.78 is 28.1. The lowest BCUT2D eigenvalue weighted by Gasteiger charge is -2.24. The second-order valence-electron chi connectivity index (χ2n) is 4.87. The van der Waals surface area contributed by atoms with Gasteiger partial charge < -0.3 is 4.57 Å². The summed E-state index contributed by atoms with van der Waals surface area (Å²) in [5, 5.41) is 8.63. The Hall–Kier alpha value is -1.92. The molecule has 21 heavy (non-hydrogen) atoms. The van der Waals surface area contributed by atoms with Gasteiger partial charge in [0.2, 0.25) is 10.0 Å². The summed E-state index contributed by atoms with van der Waals surface area (Å²) in [6, 6.07) is 1.47. The molecule has 0 saturated heterocycles. The largest absolute Gasteiger partial charge is 0.330 e. The zero-order valence-corrected chi connectivity index (χ0v) is 13.2. The summed E-state index contributed by atoms with van der Waals surface area (Å²) in [7, 11) is -1.48. The normalized spacial score (nSPS) is 11.9. The smallest absolute Gasteiger partial charge is 0.302 e. The molecule has 0 aliphatic rings. The fourth-order valence-electron chi connectivity index (χ4n) is 1.89. The summed E-state index contributed by atoms with van der Waals surface area (Å²) in [4.78, 5) is 23.2. The highest BCUT2D eigenvalue weighted by Gasteiger charge is 2.30. The van der Waals surface area contributed by atoms with Crippen molar-refractivity contribution in [2.45, 2.75) is 31.2 Å². The summed E-state index contributed by atoms with van der Waals surface area (Å²) in [5.41, 5.74) is -1.48. The first-order chi connectivity index (χ1) is 9.64. The SMILES string of the molecule is CC(C)N(CCC#N)S(=O)(=O)c1cn(C)c(=O)n(C)c1=O. The van der Waals surface area contributed by atoms with Crippen molar-refractivity contribution in [3.8, 4) is 6.07 Å². The number of nitriles is 1. The minimum atomic E-state index is -4.08. The molecule has 1 heterocycles. The predicted octanol–water partition coefficient (Wildman–Crippen LogP) is -0.603. The topological polar surface area (TPSA) is 105 Å². The molecule has 0 aliphatic carbocycles. The summed E-state index contributed by atoms with van der Waals surface area (Å²) in [6.07, 6.45) is 1.03. The minimum Gasteiger partial charge on any atom is -0.302 e. The van der Waals surface area contributed by atoms with Crippen LogP contribution in [0.3, 0.4) is 0 Å². The molecule has 0 N–H and O–H groups in total. The third kappa shape index (κ3) is 3.22. The maximum absolute atomic E-state index is 12.6. The first-order valence-electron chi connectivity index (χ1n) is 6.30. The zero-order valence-electron chi connectivity index (χ0n) is 12.4. The maximum atomic E-state index is 12.6. The Balaban J connectivity index is 3.54. The van der Waals surface area contributed by atoms with Gasteiger partial charge in [-0.05, 0) is 13.8 Å². The lowest BCUT2D eigenvalue weighted by Crippen LogP contribution is -2.44. The lowest BCUT2D eigenvalue weighted by molar-refractivity contribution is 0.359. The summed E-state index contributed by atoms with van der Waals surface area (Å²) in [5.74, 6) is 0. The van der Waals surface area contributed by atoms with Crippen LogP contribution in [0.1, 0.15) is 20.3 Å². The van der Waals surface area contributed by atoms with Crippen molar-refractivity contribution in [2.75, 3.05) is 6.54 Å². The molecule has 0 unspecified atom stereocenters. The average Bonchev–Trinajstić information content (AvgIpc) is 2.40. The molecule has 0 fully saturated rings. The molecular weight excluding hydrogens is 296 g/mol. The predicted molar refractivity (Wildman–Crippen MR) is 76.2 cm³/mol. The van der Waals surface area contributed by atoms with Gasteiger partial charge in [-0.3, -0.25) is 9.36 Å². The van der Waals surface area contributed by atoms with Crippen LogP contribution in [0.25, 0.3) is 0 Å². The first-order valence-corrected chi connectivity index (χ1v) is 7.74. The van der Waals surface area contributed by atoms with Gasteiger partial charge in [0.1, 0.15) is 0 Å². The number of aromatic nitrogens is 2. The molecule has 116 valence electrons. The molecule has 1 rings (SSSR count). The fraction of sp³-hybridized carbons (Fsp3) is 0.583. The fourth-order valence-corrected chi connectivity index (χ4v) is 3.68. The van der Waals surface area contributed by atoms with E-state index >= 15 is 0 Å². The van der Waals surface area contributed by atoms with E-state index in [4.69, 9.17) is 5.26 Å². The Bertz CT molecular complexity index is 783. The van der Waals surface area contributed by atoms with E-state index in [2.05, 4.69) is 0 Å². The van der Waals surface area contributed by atoms with Crippen molar-refractivity contribution in [1.82, 2.24) is 13.4 Å². The highest BCUT2D eigenvalue weighted by molar-refractivity contribution is 7.89. The third-order valence-electron chi connectivity index (χ3n) is 3.02. The average molecular weight is 314 g/mol. The molecular formula is C12H18N4O4S. The second kappa shape index (κ2) is 6.24. The van der Waals surface area contributed by atoms with Crippen LogP contribution in [-0.4, -0.2) is 34.4 Å². The molecule has 8 nitrogen and oxygen atoms in total. The Labute approximate surface area is 122 Å². The highest BCUT2D eigenvalue weighted by atomic mass is 32.2. The molecule has 0 bridgehead atoms. The van der Waals surface area contributed by atoms with Crippen molar-refractivity contribution >= 4 is 10.0 Å². The molecule has 0 radical (unpaired) electrons. The van der Waals surface area contributed by atoms with Gasteiger partial charge >= 0.3 is 5.69 Å². The number of rotatable bonds is 5. The van der Waals surface area contributed by atoms with E-state index in [1.165, 1.54) is 14.1 Å². The molecule has 0 aromatic carbocycles. The van der Waals surface area contributed by atoms with E-state index in [1.54, 1.807) is 13.8 Å². The van der Waals surface area contributed by atoms with Gasteiger partial charge in [0.15, 0.2) is 4.90 Å². The Kier molecular flexibility index (Phi) is 5.09. The minimum absolute atomic E-state index is 0.0114. The third-order valence-corrected chi connectivity index (χ3v) is 5.08. The van der Waals surface area contributed by atoms with Crippen LogP contribution >= 0.6 is 0 Å². The quantitative estimate of drug-likeness (QED) is 0.721. The van der Waals surface area contributed by atoms with E-state index in [0.717, 1.165) is 19.6 Å². The van der Waals surface area contributed by atoms with E-state index < -0.39 is 32.2 Å². The standard InChI is InChI=1S/C12H18N4O4S/c1-9(2)16(7-5-6-13)21(19,20)10-8-14(3)12(18)15(4)11(10)17/h8-9H,5,7H2,1-4H3. The van der Waals surface area contributed by atoms with Gasteiger partial charge in [0.05, 0.1) is 6.07 Å². The lowest BCUT2D eigenvalue weighted by atomic mass is 10.3. The van der Waals surface area contributed by atoms with E-state index in [0.29, 0.717) is 0 Å². The number of sulfonamides is 1. The van der Waals surface area contributed by atoms with Crippen LogP contribution in [0.5, 0.6) is 0 Å². The molecule has 1 aromatic rings. The monoisotopic (exact) mass is 314 g/mol. The summed E-state index contributed by atoms with van der Waals surface area (Å²) >= 11 is 0. The molecule has 0 spiro atoms. The van der Waals surface area contributed by atoms with Crippen molar-refractivity contribution in [1.29, 1.82) is 5.26 Å².